The number of aromatic nitrogens is 1. The molecular weight excluding hydrogens is 267 g/mol. The van der Waals surface area contributed by atoms with Crippen LogP contribution in [0.15, 0.2) is 18.3 Å². The van der Waals surface area contributed by atoms with Gasteiger partial charge < -0.3 is 10.2 Å². The van der Waals surface area contributed by atoms with Crippen molar-refractivity contribution in [1.29, 1.82) is 0 Å². The molecule has 0 radical (unpaired) electrons. The van der Waals surface area contributed by atoms with Crippen molar-refractivity contribution >= 4 is 5.82 Å². The Hall–Kier alpha value is -1.30. The number of piperidine rings is 1. The Balaban J connectivity index is 2.10. The molecule has 0 atom stereocenters. The molecule has 1 aromatic heterocycles. The topological polar surface area (TPSA) is 28.2 Å². The first-order valence-electron chi connectivity index (χ1n) is 6.99. The minimum absolute atomic E-state index is 0.417. The number of rotatable bonds is 4. The van der Waals surface area contributed by atoms with E-state index in [1.807, 2.05) is 11.8 Å². The van der Waals surface area contributed by atoms with Gasteiger partial charge in [-0.25, -0.2) is 4.98 Å². The van der Waals surface area contributed by atoms with Gasteiger partial charge in [0.2, 0.25) is 0 Å². The van der Waals surface area contributed by atoms with E-state index in [4.69, 9.17) is 0 Å². The van der Waals surface area contributed by atoms with E-state index in [0.29, 0.717) is 18.3 Å². The molecule has 0 spiro atoms. The van der Waals surface area contributed by atoms with Gasteiger partial charge in [0.1, 0.15) is 5.82 Å². The molecule has 3 nitrogen and oxygen atoms in total. The fourth-order valence-corrected chi connectivity index (χ4v) is 2.53. The number of hydrogen-bond acceptors (Lipinski definition) is 3. The van der Waals surface area contributed by atoms with Gasteiger partial charge in [-0.2, -0.15) is 13.2 Å². The fraction of sp³-hybridized carbons (Fsp3) is 0.643. The molecular formula is C14H20F3N3. The number of alkyl halides is 3. The van der Waals surface area contributed by atoms with Crippen LogP contribution in [0, 0.1) is 5.92 Å². The normalized spacial score (nSPS) is 17.2. The molecule has 0 aromatic carbocycles. The van der Waals surface area contributed by atoms with Crippen LogP contribution in [0.3, 0.4) is 0 Å². The molecule has 112 valence electrons. The fourth-order valence-electron chi connectivity index (χ4n) is 2.53. The Morgan fingerprint density at radius 1 is 1.35 bits per heavy atom. The maximum Gasteiger partial charge on any atom is 0.416 e. The Morgan fingerprint density at radius 3 is 2.65 bits per heavy atom. The first-order valence-corrected chi connectivity index (χ1v) is 6.99. The average Bonchev–Trinajstić information content (AvgIpc) is 2.45. The zero-order valence-electron chi connectivity index (χ0n) is 11.6. The third kappa shape index (κ3) is 3.85. The van der Waals surface area contributed by atoms with E-state index in [9.17, 15) is 13.2 Å². The van der Waals surface area contributed by atoms with E-state index < -0.39 is 11.7 Å². The van der Waals surface area contributed by atoms with Gasteiger partial charge in [0, 0.05) is 19.3 Å². The SMILES string of the molecule is CCN(CC1CCNCC1)c1cc(C(F)(F)F)ccn1. The largest absolute Gasteiger partial charge is 0.416 e. The molecule has 0 amide bonds. The van der Waals surface area contributed by atoms with Gasteiger partial charge >= 0.3 is 6.18 Å². The van der Waals surface area contributed by atoms with Gasteiger partial charge in [-0.3, -0.25) is 0 Å². The zero-order chi connectivity index (χ0) is 14.6. The molecule has 2 rings (SSSR count). The summed E-state index contributed by atoms with van der Waals surface area (Å²) in [4.78, 5) is 6.04. The lowest BCUT2D eigenvalue weighted by molar-refractivity contribution is -0.137. The van der Waals surface area contributed by atoms with Crippen molar-refractivity contribution in [2.75, 3.05) is 31.1 Å². The summed E-state index contributed by atoms with van der Waals surface area (Å²) in [6, 6.07) is 2.16. The molecule has 2 heterocycles. The van der Waals surface area contributed by atoms with E-state index in [1.165, 1.54) is 6.20 Å². The molecule has 1 saturated heterocycles. The third-order valence-corrected chi connectivity index (χ3v) is 3.72. The monoisotopic (exact) mass is 287 g/mol. The van der Waals surface area contributed by atoms with Crippen LogP contribution >= 0.6 is 0 Å². The Kier molecular flexibility index (Phi) is 4.86. The van der Waals surface area contributed by atoms with Crippen molar-refractivity contribution in [2.24, 2.45) is 5.92 Å². The maximum absolute atomic E-state index is 12.7. The summed E-state index contributed by atoms with van der Waals surface area (Å²) in [5.41, 5.74) is -0.633. The van der Waals surface area contributed by atoms with E-state index in [-0.39, 0.29) is 0 Å². The summed E-state index contributed by atoms with van der Waals surface area (Å²) in [6.07, 6.45) is -0.944. The summed E-state index contributed by atoms with van der Waals surface area (Å²) in [6.45, 7) is 5.35. The molecule has 1 fully saturated rings. The Labute approximate surface area is 117 Å². The second kappa shape index (κ2) is 6.43. The highest BCUT2D eigenvalue weighted by molar-refractivity contribution is 5.41. The Bertz CT molecular complexity index is 428. The highest BCUT2D eigenvalue weighted by Crippen LogP contribution is 2.31. The number of hydrogen-bond donors (Lipinski definition) is 1. The molecule has 6 heteroatoms. The molecule has 0 aliphatic carbocycles. The highest BCUT2D eigenvalue weighted by Gasteiger charge is 2.31. The smallest absolute Gasteiger partial charge is 0.357 e. The van der Waals surface area contributed by atoms with Gasteiger partial charge in [0.05, 0.1) is 5.56 Å². The van der Waals surface area contributed by atoms with Gasteiger partial charge in [-0.1, -0.05) is 0 Å². The lowest BCUT2D eigenvalue weighted by Crippen LogP contribution is -2.36. The minimum Gasteiger partial charge on any atom is -0.357 e. The number of nitrogens with one attached hydrogen (secondary N) is 1. The summed E-state index contributed by atoms with van der Waals surface area (Å²) >= 11 is 0. The number of pyridine rings is 1. The molecule has 1 N–H and O–H groups in total. The van der Waals surface area contributed by atoms with Crippen LogP contribution in [0.1, 0.15) is 25.3 Å². The maximum atomic E-state index is 12.7. The summed E-state index contributed by atoms with van der Waals surface area (Å²) in [5.74, 6) is 0.938. The first kappa shape index (κ1) is 15.1. The Morgan fingerprint density at radius 2 is 2.05 bits per heavy atom. The van der Waals surface area contributed by atoms with Crippen molar-refractivity contribution < 1.29 is 13.2 Å². The van der Waals surface area contributed by atoms with Crippen molar-refractivity contribution in [3.63, 3.8) is 0 Å². The summed E-state index contributed by atoms with van der Waals surface area (Å²) in [5, 5.41) is 3.29. The standard InChI is InChI=1S/C14H20F3N3/c1-2-20(10-11-3-6-18-7-4-11)13-9-12(5-8-19-13)14(15,16)17/h5,8-9,11,18H,2-4,6-7,10H2,1H3. The second-order valence-corrected chi connectivity index (χ2v) is 5.13. The predicted molar refractivity (Wildman–Crippen MR) is 72.7 cm³/mol. The summed E-state index contributed by atoms with van der Waals surface area (Å²) < 4.78 is 38.2. The van der Waals surface area contributed by atoms with E-state index in [2.05, 4.69) is 10.3 Å². The second-order valence-electron chi connectivity index (χ2n) is 5.13. The minimum atomic E-state index is -4.31. The quantitative estimate of drug-likeness (QED) is 0.923. The number of anilines is 1. The van der Waals surface area contributed by atoms with Crippen molar-refractivity contribution in [3.8, 4) is 0 Å². The van der Waals surface area contributed by atoms with E-state index in [0.717, 1.165) is 44.6 Å². The van der Waals surface area contributed by atoms with Gasteiger partial charge in [0.25, 0.3) is 0 Å². The van der Waals surface area contributed by atoms with Crippen LogP contribution in [-0.2, 0) is 6.18 Å². The van der Waals surface area contributed by atoms with Crippen molar-refractivity contribution in [3.05, 3.63) is 23.9 Å². The molecule has 0 saturated carbocycles. The lowest BCUT2D eigenvalue weighted by Gasteiger charge is -2.30. The number of nitrogens with zero attached hydrogens (tertiary/aromatic N) is 2. The van der Waals surface area contributed by atoms with Crippen molar-refractivity contribution in [2.45, 2.75) is 25.9 Å². The zero-order valence-corrected chi connectivity index (χ0v) is 11.6. The van der Waals surface area contributed by atoms with Crippen molar-refractivity contribution in [1.82, 2.24) is 10.3 Å². The predicted octanol–water partition coefficient (Wildman–Crippen LogP) is 2.93. The molecule has 1 aromatic rings. The molecule has 0 bridgehead atoms. The van der Waals surface area contributed by atoms with Crippen LogP contribution in [0.5, 0.6) is 0 Å². The third-order valence-electron chi connectivity index (χ3n) is 3.72. The van der Waals surface area contributed by atoms with Gasteiger partial charge in [-0.05, 0) is 50.9 Å². The van der Waals surface area contributed by atoms with Crippen LogP contribution in [0.25, 0.3) is 0 Å². The average molecular weight is 287 g/mol. The van der Waals surface area contributed by atoms with E-state index >= 15 is 0 Å². The molecule has 0 unspecified atom stereocenters. The molecule has 1 aliphatic rings. The van der Waals surface area contributed by atoms with E-state index in [1.54, 1.807) is 0 Å². The molecule has 1 aliphatic heterocycles. The number of halogens is 3. The summed E-state index contributed by atoms with van der Waals surface area (Å²) in [7, 11) is 0. The highest BCUT2D eigenvalue weighted by atomic mass is 19.4. The van der Waals surface area contributed by atoms with Crippen LogP contribution in [-0.4, -0.2) is 31.2 Å². The van der Waals surface area contributed by atoms with Gasteiger partial charge in [0.15, 0.2) is 0 Å². The first-order chi connectivity index (χ1) is 9.50. The van der Waals surface area contributed by atoms with Gasteiger partial charge in [-0.15, -0.1) is 0 Å². The lowest BCUT2D eigenvalue weighted by atomic mass is 9.97. The van der Waals surface area contributed by atoms with Crippen LogP contribution < -0.4 is 10.2 Å². The van der Waals surface area contributed by atoms with Crippen LogP contribution in [0.2, 0.25) is 0 Å². The molecule has 20 heavy (non-hydrogen) atoms. The van der Waals surface area contributed by atoms with Crippen LogP contribution in [0.4, 0.5) is 19.0 Å².